The summed E-state index contributed by atoms with van der Waals surface area (Å²) in [6.07, 6.45) is 1.70. The number of benzene rings is 3. The van der Waals surface area contributed by atoms with Crippen molar-refractivity contribution < 1.29 is 19.2 Å². The Morgan fingerprint density at radius 2 is 1.73 bits per heavy atom. The van der Waals surface area contributed by atoms with Crippen LogP contribution in [0.25, 0.3) is 5.69 Å². The molecular weight excluding hydrogens is 580 g/mol. The molecule has 11 nitrogen and oxygen atoms in total. The first-order valence-electron chi connectivity index (χ1n) is 14.4. The minimum Gasteiger partial charge on any atom is -0.497 e. The van der Waals surface area contributed by atoms with Crippen molar-refractivity contribution in [2.75, 3.05) is 32.5 Å². The van der Waals surface area contributed by atoms with Crippen LogP contribution >= 0.6 is 11.8 Å². The second kappa shape index (κ2) is 14.2. The molecule has 3 aromatic carbocycles. The van der Waals surface area contributed by atoms with Crippen molar-refractivity contribution in [3.05, 3.63) is 106 Å². The zero-order valence-electron chi connectivity index (χ0n) is 24.7. The lowest BCUT2D eigenvalue weighted by molar-refractivity contribution is -0.384. The molecule has 1 unspecified atom stereocenters. The highest BCUT2D eigenvalue weighted by atomic mass is 32.2. The molecule has 12 heteroatoms. The quantitative estimate of drug-likeness (QED) is 0.0999. The molecule has 1 fully saturated rings. The molecule has 1 aliphatic rings. The summed E-state index contributed by atoms with van der Waals surface area (Å²) in [7, 11) is 1.64. The molecular formula is C32H34N6O5S. The molecule has 2 heterocycles. The number of nitro benzene ring substituents is 1. The predicted molar refractivity (Wildman–Crippen MR) is 167 cm³/mol. The van der Waals surface area contributed by atoms with Crippen LogP contribution in [0.1, 0.15) is 41.5 Å². The Morgan fingerprint density at radius 3 is 2.39 bits per heavy atom. The summed E-state index contributed by atoms with van der Waals surface area (Å²) in [5.41, 5.74) is 2.42. The van der Waals surface area contributed by atoms with Crippen LogP contribution in [0.15, 0.2) is 84.0 Å². The van der Waals surface area contributed by atoms with E-state index in [1.807, 2.05) is 54.3 Å². The Morgan fingerprint density at radius 1 is 1.00 bits per heavy atom. The predicted octanol–water partition coefficient (Wildman–Crippen LogP) is 5.02. The maximum atomic E-state index is 13.1. The summed E-state index contributed by atoms with van der Waals surface area (Å²) in [6, 6.07) is 23.4. The van der Waals surface area contributed by atoms with Gasteiger partial charge in [0.05, 0.1) is 12.0 Å². The minimum absolute atomic E-state index is 0.0567. The fraction of sp³-hybridized carbons (Fsp3) is 0.312. The van der Waals surface area contributed by atoms with Gasteiger partial charge in [-0.1, -0.05) is 42.1 Å². The normalized spacial score (nSPS) is 14.8. The standard InChI is InChI=1S/C32H34N6O5S/c1-23-22-35(18-19-36(23)31(40)25-10-12-27(13-11-25)38(41)42)30(39)9-6-20-44-32-34-33-29(21-24-7-4-3-5-8-24)37(32)26-14-16-28(43-2)17-15-26/h3-5,7-8,10-17,23H,6,9,18-22H2,1-2H3. The average Bonchev–Trinajstić information content (AvgIpc) is 3.45. The highest BCUT2D eigenvalue weighted by Gasteiger charge is 2.30. The van der Waals surface area contributed by atoms with Gasteiger partial charge in [-0.05, 0) is 55.3 Å². The molecule has 1 aliphatic heterocycles. The molecule has 4 aromatic rings. The van der Waals surface area contributed by atoms with Crippen molar-refractivity contribution in [1.29, 1.82) is 0 Å². The van der Waals surface area contributed by atoms with Crippen LogP contribution in [0.5, 0.6) is 5.75 Å². The summed E-state index contributed by atoms with van der Waals surface area (Å²) in [4.78, 5) is 40.0. The third kappa shape index (κ3) is 7.25. The zero-order valence-corrected chi connectivity index (χ0v) is 25.5. The highest BCUT2D eigenvalue weighted by molar-refractivity contribution is 7.99. The number of aromatic nitrogens is 3. The van der Waals surface area contributed by atoms with Gasteiger partial charge in [0, 0.05) is 67.7 Å². The fourth-order valence-corrected chi connectivity index (χ4v) is 6.11. The molecule has 2 amide bonds. The molecule has 0 spiro atoms. The number of carbonyl (C=O) groups excluding carboxylic acids is 2. The van der Waals surface area contributed by atoms with Crippen LogP contribution in [0, 0.1) is 10.1 Å². The topological polar surface area (TPSA) is 124 Å². The number of amides is 2. The van der Waals surface area contributed by atoms with E-state index < -0.39 is 4.92 Å². The van der Waals surface area contributed by atoms with Gasteiger partial charge in [-0.15, -0.1) is 10.2 Å². The zero-order chi connectivity index (χ0) is 31.1. The van der Waals surface area contributed by atoms with Gasteiger partial charge < -0.3 is 14.5 Å². The lowest BCUT2D eigenvalue weighted by Crippen LogP contribution is -2.55. The number of non-ortho nitro benzene ring substituents is 1. The van der Waals surface area contributed by atoms with Crippen LogP contribution in [-0.4, -0.2) is 79.8 Å². The Hall–Kier alpha value is -4.71. The number of methoxy groups -OCH3 is 1. The summed E-state index contributed by atoms with van der Waals surface area (Å²) < 4.78 is 7.39. The van der Waals surface area contributed by atoms with E-state index in [9.17, 15) is 19.7 Å². The van der Waals surface area contributed by atoms with Crippen molar-refractivity contribution in [3.63, 3.8) is 0 Å². The molecule has 0 N–H and O–H groups in total. The van der Waals surface area contributed by atoms with Gasteiger partial charge in [0.1, 0.15) is 11.6 Å². The number of hydrogen-bond donors (Lipinski definition) is 0. The minimum atomic E-state index is -0.491. The van der Waals surface area contributed by atoms with E-state index in [4.69, 9.17) is 4.74 Å². The number of piperazine rings is 1. The maximum absolute atomic E-state index is 13.1. The molecule has 1 atom stereocenters. The molecule has 0 bridgehead atoms. The van der Waals surface area contributed by atoms with Crippen molar-refractivity contribution >= 4 is 29.3 Å². The summed E-state index contributed by atoms with van der Waals surface area (Å²) in [5, 5.41) is 20.7. The molecule has 0 aliphatic carbocycles. The molecule has 228 valence electrons. The first-order valence-corrected chi connectivity index (χ1v) is 15.4. The van der Waals surface area contributed by atoms with Gasteiger partial charge in [-0.2, -0.15) is 0 Å². The summed E-state index contributed by atoms with van der Waals surface area (Å²) in [6.45, 7) is 3.22. The van der Waals surface area contributed by atoms with E-state index in [1.54, 1.807) is 23.8 Å². The summed E-state index contributed by atoms with van der Waals surface area (Å²) >= 11 is 1.57. The average molecular weight is 615 g/mol. The first kappa shape index (κ1) is 30.7. The third-order valence-corrected chi connectivity index (χ3v) is 8.58. The molecule has 0 saturated carbocycles. The monoisotopic (exact) mass is 614 g/mol. The third-order valence-electron chi connectivity index (χ3n) is 7.57. The van der Waals surface area contributed by atoms with E-state index in [0.29, 0.717) is 50.2 Å². The Balaban J connectivity index is 1.16. The SMILES string of the molecule is COc1ccc(-n2c(Cc3ccccc3)nnc2SCCCC(=O)N2CCN(C(=O)c3ccc([N+](=O)[O-])cc3)C(C)C2)cc1. The van der Waals surface area contributed by atoms with Gasteiger partial charge >= 0.3 is 0 Å². The lowest BCUT2D eigenvalue weighted by atomic mass is 10.1. The fourth-order valence-electron chi connectivity index (χ4n) is 5.20. The number of rotatable bonds is 11. The van der Waals surface area contributed by atoms with Crippen molar-refractivity contribution in [2.45, 2.75) is 37.4 Å². The van der Waals surface area contributed by atoms with E-state index in [1.165, 1.54) is 24.3 Å². The number of carbonyl (C=O) groups is 2. The largest absolute Gasteiger partial charge is 0.497 e. The van der Waals surface area contributed by atoms with E-state index in [2.05, 4.69) is 26.9 Å². The second-order valence-corrected chi connectivity index (χ2v) is 11.6. The number of thioether (sulfide) groups is 1. The summed E-state index contributed by atoms with van der Waals surface area (Å²) in [5.74, 6) is 2.16. The number of ether oxygens (including phenoxy) is 1. The molecule has 1 saturated heterocycles. The number of nitrogens with zero attached hydrogens (tertiary/aromatic N) is 6. The van der Waals surface area contributed by atoms with E-state index >= 15 is 0 Å². The Labute approximate surface area is 260 Å². The molecule has 5 rings (SSSR count). The Kier molecular flexibility index (Phi) is 9.90. The highest BCUT2D eigenvalue weighted by Crippen LogP contribution is 2.26. The first-order chi connectivity index (χ1) is 21.3. The number of hydrogen-bond acceptors (Lipinski definition) is 8. The van der Waals surface area contributed by atoms with E-state index in [0.717, 1.165) is 28.0 Å². The van der Waals surface area contributed by atoms with Gasteiger partial charge in [0.15, 0.2) is 5.16 Å². The molecule has 0 radical (unpaired) electrons. The molecule has 44 heavy (non-hydrogen) atoms. The molecule has 1 aromatic heterocycles. The smallest absolute Gasteiger partial charge is 0.269 e. The van der Waals surface area contributed by atoms with Gasteiger partial charge in [-0.25, -0.2) is 0 Å². The van der Waals surface area contributed by atoms with E-state index in [-0.39, 0.29) is 23.5 Å². The second-order valence-electron chi connectivity index (χ2n) is 10.5. The van der Waals surface area contributed by atoms with Gasteiger partial charge in [-0.3, -0.25) is 24.3 Å². The van der Waals surface area contributed by atoms with Gasteiger partial charge in [0.25, 0.3) is 11.6 Å². The lowest BCUT2D eigenvalue weighted by Gasteiger charge is -2.40. The van der Waals surface area contributed by atoms with Crippen LogP contribution < -0.4 is 4.74 Å². The van der Waals surface area contributed by atoms with Gasteiger partial charge in [0.2, 0.25) is 5.91 Å². The van der Waals surface area contributed by atoms with Crippen LogP contribution in [0.3, 0.4) is 0 Å². The van der Waals surface area contributed by atoms with Crippen LogP contribution in [0.4, 0.5) is 5.69 Å². The maximum Gasteiger partial charge on any atom is 0.269 e. The van der Waals surface area contributed by atoms with Crippen molar-refractivity contribution in [1.82, 2.24) is 24.6 Å². The van der Waals surface area contributed by atoms with Crippen LogP contribution in [0.2, 0.25) is 0 Å². The van der Waals surface area contributed by atoms with Crippen molar-refractivity contribution in [2.24, 2.45) is 0 Å². The Bertz CT molecular complexity index is 1590. The van der Waals surface area contributed by atoms with Crippen molar-refractivity contribution in [3.8, 4) is 11.4 Å². The number of nitro groups is 1. The van der Waals surface area contributed by atoms with Crippen LogP contribution in [-0.2, 0) is 11.2 Å².